The normalized spacial score (nSPS) is 26.7. The highest BCUT2D eigenvalue weighted by molar-refractivity contribution is 5.03. The zero-order valence-corrected chi connectivity index (χ0v) is 8.15. The van der Waals surface area contributed by atoms with E-state index in [1.54, 1.807) is 0 Å². The van der Waals surface area contributed by atoms with Crippen LogP contribution in [0.25, 0.3) is 0 Å². The van der Waals surface area contributed by atoms with Crippen LogP contribution in [0.1, 0.15) is 20.3 Å². The van der Waals surface area contributed by atoms with Crippen LogP contribution in [0.3, 0.4) is 0 Å². The molecule has 2 nitrogen and oxygen atoms in total. The summed E-state index contributed by atoms with van der Waals surface area (Å²) >= 11 is 0. The fourth-order valence-corrected chi connectivity index (χ4v) is 1.31. The Labute approximate surface area is 81.1 Å². The summed E-state index contributed by atoms with van der Waals surface area (Å²) in [5, 5.41) is 11.1. The van der Waals surface area contributed by atoms with Crippen molar-refractivity contribution in [1.82, 2.24) is 5.32 Å². The Balaban J connectivity index is 2.34. The molecule has 1 fully saturated rings. The van der Waals surface area contributed by atoms with Crippen molar-refractivity contribution in [2.24, 2.45) is 11.3 Å². The van der Waals surface area contributed by atoms with Crippen molar-refractivity contribution in [3.63, 3.8) is 0 Å². The first-order valence-corrected chi connectivity index (χ1v) is 4.47. The highest BCUT2D eigenvalue weighted by atomic mass is 19.4. The molecule has 2 atom stereocenters. The quantitative estimate of drug-likeness (QED) is 0.767. The Hall–Kier alpha value is -0.760. The number of nitrogens with zero attached hydrogens (tertiary/aromatic N) is 1. The number of nitriles is 1. The second-order valence-corrected chi connectivity index (χ2v) is 4.38. The average molecular weight is 206 g/mol. The minimum absolute atomic E-state index is 0.0889. The molecule has 0 aromatic heterocycles. The molecular weight excluding hydrogens is 193 g/mol. The second kappa shape index (κ2) is 3.43. The zero-order valence-electron chi connectivity index (χ0n) is 8.15. The number of hydrogen-bond donors (Lipinski definition) is 1. The lowest BCUT2D eigenvalue weighted by Gasteiger charge is -2.14. The van der Waals surface area contributed by atoms with Crippen LogP contribution in [0, 0.1) is 22.7 Å². The lowest BCUT2D eigenvalue weighted by molar-refractivity contribution is -0.157. The third-order valence-electron chi connectivity index (χ3n) is 2.63. The van der Waals surface area contributed by atoms with E-state index in [4.69, 9.17) is 5.26 Å². The van der Waals surface area contributed by atoms with E-state index in [0.29, 0.717) is 0 Å². The van der Waals surface area contributed by atoms with E-state index in [9.17, 15) is 13.2 Å². The number of nitrogens with one attached hydrogen (secondary N) is 1. The van der Waals surface area contributed by atoms with Crippen LogP contribution >= 0.6 is 0 Å². The van der Waals surface area contributed by atoms with Gasteiger partial charge in [0.2, 0.25) is 0 Å². The van der Waals surface area contributed by atoms with E-state index >= 15 is 0 Å². The van der Waals surface area contributed by atoms with Gasteiger partial charge in [-0.1, -0.05) is 13.8 Å². The Bertz CT molecular complexity index is 252. The number of rotatable bonds is 3. The topological polar surface area (TPSA) is 35.8 Å². The first-order chi connectivity index (χ1) is 6.27. The van der Waals surface area contributed by atoms with Gasteiger partial charge in [0.05, 0.1) is 6.07 Å². The summed E-state index contributed by atoms with van der Waals surface area (Å²) in [6.07, 6.45) is -3.54. The van der Waals surface area contributed by atoms with E-state index in [-0.39, 0.29) is 18.0 Å². The minimum atomic E-state index is -4.42. The van der Waals surface area contributed by atoms with Crippen molar-refractivity contribution in [2.75, 3.05) is 6.54 Å². The molecule has 1 aliphatic carbocycles. The maximum atomic E-state index is 12.1. The van der Waals surface area contributed by atoms with E-state index < -0.39 is 12.1 Å². The van der Waals surface area contributed by atoms with Crippen LogP contribution in [0.15, 0.2) is 0 Å². The van der Waals surface area contributed by atoms with E-state index in [1.165, 1.54) is 6.07 Å². The molecule has 0 aromatic carbocycles. The molecule has 0 saturated heterocycles. The van der Waals surface area contributed by atoms with E-state index in [0.717, 1.165) is 6.42 Å². The first kappa shape index (κ1) is 11.3. The summed E-state index contributed by atoms with van der Waals surface area (Å²) in [6.45, 7) is 3.67. The van der Waals surface area contributed by atoms with Crippen molar-refractivity contribution >= 4 is 0 Å². The number of halogens is 3. The summed E-state index contributed by atoms with van der Waals surface area (Å²) in [5.74, 6) is -1.89. The molecule has 1 aliphatic rings. The van der Waals surface area contributed by atoms with Gasteiger partial charge in [0.1, 0.15) is 0 Å². The van der Waals surface area contributed by atoms with Crippen LogP contribution in [-0.4, -0.2) is 18.8 Å². The number of alkyl halides is 3. The van der Waals surface area contributed by atoms with Gasteiger partial charge in [-0.15, -0.1) is 0 Å². The van der Waals surface area contributed by atoms with Gasteiger partial charge in [0.25, 0.3) is 0 Å². The van der Waals surface area contributed by atoms with Gasteiger partial charge in [-0.05, 0) is 11.8 Å². The molecule has 0 bridgehead atoms. The Morgan fingerprint density at radius 3 is 2.36 bits per heavy atom. The SMILES string of the molecule is CC1(C)CC1NCC(C#N)C(F)(F)F. The molecule has 1 N–H and O–H groups in total. The van der Waals surface area contributed by atoms with Crippen LogP contribution < -0.4 is 5.32 Å². The Kier molecular flexibility index (Phi) is 2.77. The lowest BCUT2D eigenvalue weighted by atomic mass is 10.1. The van der Waals surface area contributed by atoms with Crippen molar-refractivity contribution in [2.45, 2.75) is 32.5 Å². The van der Waals surface area contributed by atoms with Gasteiger partial charge in [0.15, 0.2) is 5.92 Å². The van der Waals surface area contributed by atoms with Crippen molar-refractivity contribution in [1.29, 1.82) is 5.26 Å². The van der Waals surface area contributed by atoms with Crippen molar-refractivity contribution in [3.8, 4) is 6.07 Å². The molecule has 0 aromatic rings. The zero-order chi connectivity index (χ0) is 11.0. The maximum absolute atomic E-state index is 12.1. The largest absolute Gasteiger partial charge is 0.405 e. The molecule has 5 heteroatoms. The van der Waals surface area contributed by atoms with Crippen LogP contribution in [-0.2, 0) is 0 Å². The van der Waals surface area contributed by atoms with Gasteiger partial charge in [-0.3, -0.25) is 0 Å². The molecule has 80 valence electrons. The summed E-state index contributed by atoms with van der Waals surface area (Å²) in [7, 11) is 0. The molecular formula is C9H13F3N2. The molecule has 0 amide bonds. The molecule has 0 spiro atoms. The number of hydrogen-bond acceptors (Lipinski definition) is 2. The second-order valence-electron chi connectivity index (χ2n) is 4.38. The minimum Gasteiger partial charge on any atom is -0.312 e. The molecule has 0 heterocycles. The third-order valence-corrected chi connectivity index (χ3v) is 2.63. The maximum Gasteiger partial charge on any atom is 0.405 e. The van der Waals surface area contributed by atoms with Crippen LogP contribution in [0.5, 0.6) is 0 Å². The van der Waals surface area contributed by atoms with E-state index in [2.05, 4.69) is 5.32 Å². The summed E-state index contributed by atoms with van der Waals surface area (Å²) in [5.41, 5.74) is 0.0889. The van der Waals surface area contributed by atoms with Gasteiger partial charge >= 0.3 is 6.18 Å². The van der Waals surface area contributed by atoms with Crippen LogP contribution in [0.4, 0.5) is 13.2 Å². The molecule has 1 rings (SSSR count). The summed E-state index contributed by atoms with van der Waals surface area (Å²) < 4.78 is 36.4. The van der Waals surface area contributed by atoms with Crippen LogP contribution in [0.2, 0.25) is 0 Å². The predicted molar refractivity (Wildman–Crippen MR) is 45.3 cm³/mol. The highest BCUT2D eigenvalue weighted by Crippen LogP contribution is 2.44. The fraction of sp³-hybridized carbons (Fsp3) is 0.889. The van der Waals surface area contributed by atoms with E-state index in [1.807, 2.05) is 13.8 Å². The average Bonchev–Trinajstić information content (AvgIpc) is 2.57. The standard InChI is InChI=1S/C9H13F3N2/c1-8(2)3-7(8)14-5-6(4-13)9(10,11)12/h6-7,14H,3,5H2,1-2H3. The van der Waals surface area contributed by atoms with Crippen molar-refractivity contribution in [3.05, 3.63) is 0 Å². The predicted octanol–water partition coefficient (Wildman–Crippen LogP) is 2.08. The lowest BCUT2D eigenvalue weighted by Crippen LogP contribution is -2.34. The molecule has 1 saturated carbocycles. The fourth-order valence-electron chi connectivity index (χ4n) is 1.31. The molecule has 14 heavy (non-hydrogen) atoms. The first-order valence-electron chi connectivity index (χ1n) is 4.47. The summed E-state index contributed by atoms with van der Waals surface area (Å²) in [6, 6.07) is 1.39. The monoisotopic (exact) mass is 206 g/mol. The van der Waals surface area contributed by atoms with Gasteiger partial charge < -0.3 is 5.32 Å². The van der Waals surface area contributed by atoms with Gasteiger partial charge in [-0.2, -0.15) is 18.4 Å². The van der Waals surface area contributed by atoms with Gasteiger partial charge in [0, 0.05) is 12.6 Å². The third kappa shape index (κ3) is 2.61. The highest BCUT2D eigenvalue weighted by Gasteiger charge is 2.47. The van der Waals surface area contributed by atoms with Crippen molar-refractivity contribution < 1.29 is 13.2 Å². The molecule has 0 radical (unpaired) electrons. The smallest absolute Gasteiger partial charge is 0.312 e. The summed E-state index contributed by atoms with van der Waals surface area (Å²) in [4.78, 5) is 0. The Morgan fingerprint density at radius 1 is 1.57 bits per heavy atom. The molecule has 0 aliphatic heterocycles. The Morgan fingerprint density at radius 2 is 2.07 bits per heavy atom. The van der Waals surface area contributed by atoms with Gasteiger partial charge in [-0.25, -0.2) is 0 Å². The molecule has 2 unspecified atom stereocenters.